The summed E-state index contributed by atoms with van der Waals surface area (Å²) in [4.78, 5) is 11.7. The first kappa shape index (κ1) is 13.6. The zero-order chi connectivity index (χ0) is 13.8. The van der Waals surface area contributed by atoms with Crippen LogP contribution in [0.3, 0.4) is 0 Å². The summed E-state index contributed by atoms with van der Waals surface area (Å²) in [5, 5.41) is 0. The second kappa shape index (κ2) is 5.87. The number of aromatic nitrogens is 1. The molecule has 2 heteroatoms. The third kappa shape index (κ3) is 3.34. The lowest BCUT2D eigenvalue weighted by atomic mass is 10.1. The van der Waals surface area contributed by atoms with Gasteiger partial charge in [0.15, 0.2) is 0 Å². The molecule has 1 aromatic carbocycles. The van der Waals surface area contributed by atoms with Crippen molar-refractivity contribution in [3.05, 3.63) is 53.3 Å². The molecule has 0 N–H and O–H groups in total. The van der Waals surface area contributed by atoms with E-state index in [0.29, 0.717) is 18.6 Å². The van der Waals surface area contributed by atoms with Crippen LogP contribution in [0.15, 0.2) is 36.7 Å². The van der Waals surface area contributed by atoms with Gasteiger partial charge in [-0.15, -0.1) is 0 Å². The minimum Gasteiger partial charge on any atom is -0.323 e. The molecule has 0 aliphatic rings. The summed E-state index contributed by atoms with van der Waals surface area (Å²) < 4.78 is 2.10. The fourth-order valence-corrected chi connectivity index (χ4v) is 2.23. The molecule has 0 aliphatic carbocycles. The molecule has 0 spiro atoms. The van der Waals surface area contributed by atoms with Crippen molar-refractivity contribution in [1.29, 1.82) is 0 Å². The highest BCUT2D eigenvalue weighted by atomic mass is 16.1. The Morgan fingerprint density at radius 1 is 1.11 bits per heavy atom. The van der Waals surface area contributed by atoms with Gasteiger partial charge in [-0.25, -0.2) is 0 Å². The molecule has 0 saturated heterocycles. The SMILES string of the molecule is CCCC(=O)Cc1cn(-c2ccc(C)cc2)cc1C. The number of aryl methyl sites for hydroxylation is 2. The van der Waals surface area contributed by atoms with Gasteiger partial charge in [-0.1, -0.05) is 24.6 Å². The summed E-state index contributed by atoms with van der Waals surface area (Å²) in [6.07, 6.45) is 6.33. The van der Waals surface area contributed by atoms with Gasteiger partial charge in [-0.3, -0.25) is 4.79 Å². The highest BCUT2D eigenvalue weighted by molar-refractivity contribution is 5.81. The molecule has 0 atom stereocenters. The van der Waals surface area contributed by atoms with Crippen LogP contribution in [0.5, 0.6) is 0 Å². The molecule has 0 saturated carbocycles. The van der Waals surface area contributed by atoms with Gasteiger partial charge in [-0.05, 0) is 43.5 Å². The molecule has 19 heavy (non-hydrogen) atoms. The van der Waals surface area contributed by atoms with Crippen LogP contribution in [0.25, 0.3) is 5.69 Å². The summed E-state index contributed by atoms with van der Waals surface area (Å²) in [5.41, 5.74) is 4.72. The number of Topliss-reactive ketones (excluding diaryl/α,β-unsaturated/α-hetero) is 1. The first-order valence-corrected chi connectivity index (χ1v) is 6.86. The van der Waals surface area contributed by atoms with E-state index in [1.807, 2.05) is 6.92 Å². The Balaban J connectivity index is 2.21. The van der Waals surface area contributed by atoms with E-state index in [9.17, 15) is 4.79 Å². The van der Waals surface area contributed by atoms with E-state index >= 15 is 0 Å². The molecule has 0 aliphatic heterocycles. The van der Waals surface area contributed by atoms with E-state index in [2.05, 4.69) is 55.1 Å². The molecule has 1 aromatic heterocycles. The Kier molecular flexibility index (Phi) is 4.20. The van der Waals surface area contributed by atoms with Gasteiger partial charge < -0.3 is 4.57 Å². The van der Waals surface area contributed by atoms with Crippen LogP contribution < -0.4 is 0 Å². The van der Waals surface area contributed by atoms with Crippen molar-refractivity contribution >= 4 is 5.78 Å². The molecule has 0 amide bonds. The van der Waals surface area contributed by atoms with Crippen molar-refractivity contribution < 1.29 is 4.79 Å². The highest BCUT2D eigenvalue weighted by Gasteiger charge is 2.08. The Bertz CT molecular complexity index is 563. The molecule has 1 heterocycles. The lowest BCUT2D eigenvalue weighted by Crippen LogP contribution is -2.01. The Morgan fingerprint density at radius 2 is 1.79 bits per heavy atom. The lowest BCUT2D eigenvalue weighted by molar-refractivity contribution is -0.118. The molecular formula is C17H21NO. The topological polar surface area (TPSA) is 22.0 Å². The van der Waals surface area contributed by atoms with Gasteiger partial charge in [-0.2, -0.15) is 0 Å². The standard InChI is InChI=1S/C17H21NO/c1-4-5-17(19)10-15-12-18(11-14(15)3)16-8-6-13(2)7-9-16/h6-9,11-12H,4-5,10H2,1-3H3. The smallest absolute Gasteiger partial charge is 0.137 e. The van der Waals surface area contributed by atoms with Crippen LogP contribution in [0.1, 0.15) is 36.5 Å². The Labute approximate surface area is 115 Å². The van der Waals surface area contributed by atoms with Crippen molar-refractivity contribution in [2.45, 2.75) is 40.0 Å². The van der Waals surface area contributed by atoms with Crippen molar-refractivity contribution in [3.63, 3.8) is 0 Å². The fourth-order valence-electron chi connectivity index (χ4n) is 2.23. The van der Waals surface area contributed by atoms with Crippen molar-refractivity contribution in [1.82, 2.24) is 4.57 Å². The molecule has 0 radical (unpaired) electrons. The van der Waals surface area contributed by atoms with E-state index in [-0.39, 0.29) is 0 Å². The average Bonchev–Trinajstić information content (AvgIpc) is 2.72. The second-order valence-electron chi connectivity index (χ2n) is 5.17. The number of ketones is 1. The van der Waals surface area contributed by atoms with Gasteiger partial charge >= 0.3 is 0 Å². The predicted molar refractivity (Wildman–Crippen MR) is 78.9 cm³/mol. The Hall–Kier alpha value is -1.83. The first-order valence-electron chi connectivity index (χ1n) is 6.86. The highest BCUT2D eigenvalue weighted by Crippen LogP contribution is 2.17. The molecule has 0 unspecified atom stereocenters. The van der Waals surface area contributed by atoms with Crippen molar-refractivity contribution in [2.75, 3.05) is 0 Å². The van der Waals surface area contributed by atoms with E-state index in [1.165, 1.54) is 11.1 Å². The summed E-state index contributed by atoms with van der Waals surface area (Å²) in [6, 6.07) is 8.41. The van der Waals surface area contributed by atoms with Gasteiger partial charge in [0.05, 0.1) is 0 Å². The molecule has 0 bridgehead atoms. The zero-order valence-electron chi connectivity index (χ0n) is 11.9. The third-order valence-corrected chi connectivity index (χ3v) is 3.38. The minimum atomic E-state index is 0.326. The normalized spacial score (nSPS) is 10.7. The number of hydrogen-bond acceptors (Lipinski definition) is 1. The van der Waals surface area contributed by atoms with Gasteiger partial charge in [0.2, 0.25) is 0 Å². The minimum absolute atomic E-state index is 0.326. The Morgan fingerprint density at radius 3 is 2.42 bits per heavy atom. The van der Waals surface area contributed by atoms with Crippen LogP contribution in [0.2, 0.25) is 0 Å². The number of rotatable bonds is 5. The van der Waals surface area contributed by atoms with E-state index in [1.54, 1.807) is 0 Å². The van der Waals surface area contributed by atoms with E-state index < -0.39 is 0 Å². The average molecular weight is 255 g/mol. The van der Waals surface area contributed by atoms with Crippen LogP contribution in [0.4, 0.5) is 0 Å². The van der Waals surface area contributed by atoms with Gasteiger partial charge in [0.25, 0.3) is 0 Å². The summed E-state index contributed by atoms with van der Waals surface area (Å²) in [5.74, 6) is 0.326. The van der Waals surface area contributed by atoms with Crippen LogP contribution in [-0.4, -0.2) is 10.4 Å². The van der Waals surface area contributed by atoms with Gasteiger partial charge in [0.1, 0.15) is 5.78 Å². The third-order valence-electron chi connectivity index (χ3n) is 3.38. The lowest BCUT2D eigenvalue weighted by Gasteiger charge is -2.02. The van der Waals surface area contributed by atoms with Crippen molar-refractivity contribution in [3.8, 4) is 5.69 Å². The summed E-state index contributed by atoms with van der Waals surface area (Å²) in [7, 11) is 0. The van der Waals surface area contributed by atoms with Crippen LogP contribution in [-0.2, 0) is 11.2 Å². The molecule has 2 nitrogen and oxygen atoms in total. The monoisotopic (exact) mass is 255 g/mol. The van der Waals surface area contributed by atoms with Crippen LogP contribution >= 0.6 is 0 Å². The summed E-state index contributed by atoms with van der Waals surface area (Å²) >= 11 is 0. The molecular weight excluding hydrogens is 234 g/mol. The molecule has 100 valence electrons. The summed E-state index contributed by atoms with van der Waals surface area (Å²) in [6.45, 7) is 6.20. The number of benzene rings is 1. The van der Waals surface area contributed by atoms with Gasteiger partial charge in [0, 0.05) is 30.9 Å². The maximum absolute atomic E-state index is 11.7. The number of hydrogen-bond donors (Lipinski definition) is 0. The number of nitrogens with zero attached hydrogens (tertiary/aromatic N) is 1. The zero-order valence-corrected chi connectivity index (χ0v) is 11.9. The molecule has 2 rings (SSSR count). The van der Waals surface area contributed by atoms with Crippen LogP contribution in [0, 0.1) is 13.8 Å². The fraction of sp³-hybridized carbons (Fsp3) is 0.353. The molecule has 0 fully saturated rings. The predicted octanol–water partition coefficient (Wildman–Crippen LogP) is 4.01. The number of carbonyl (C=O) groups excluding carboxylic acids is 1. The van der Waals surface area contributed by atoms with Crippen molar-refractivity contribution in [2.24, 2.45) is 0 Å². The quantitative estimate of drug-likeness (QED) is 0.791. The maximum Gasteiger partial charge on any atom is 0.137 e. The van der Waals surface area contributed by atoms with E-state index in [0.717, 1.165) is 17.7 Å². The maximum atomic E-state index is 11.7. The molecule has 2 aromatic rings. The first-order chi connectivity index (χ1) is 9.10. The second-order valence-corrected chi connectivity index (χ2v) is 5.17. The largest absolute Gasteiger partial charge is 0.323 e. The van der Waals surface area contributed by atoms with E-state index in [4.69, 9.17) is 0 Å². The number of carbonyl (C=O) groups is 1.